The van der Waals surface area contributed by atoms with Crippen LogP contribution in [0.4, 0.5) is 19.0 Å². The molecule has 0 bridgehead atoms. The second kappa shape index (κ2) is 4.60. The van der Waals surface area contributed by atoms with Crippen molar-refractivity contribution in [1.82, 2.24) is 9.78 Å². The maximum absolute atomic E-state index is 13.8. The molecule has 0 spiro atoms. The number of hydrogen-bond donors (Lipinski definition) is 1. The van der Waals surface area contributed by atoms with Crippen LogP contribution in [-0.2, 0) is 7.05 Å². The van der Waals surface area contributed by atoms with Crippen LogP contribution in [-0.4, -0.2) is 9.78 Å². The third kappa shape index (κ3) is 2.18. The van der Waals surface area contributed by atoms with Crippen molar-refractivity contribution < 1.29 is 13.2 Å². The van der Waals surface area contributed by atoms with Crippen molar-refractivity contribution in [2.24, 2.45) is 7.05 Å². The number of aryl methyl sites for hydroxylation is 1. The van der Waals surface area contributed by atoms with Crippen molar-refractivity contribution in [3.05, 3.63) is 35.1 Å². The van der Waals surface area contributed by atoms with Gasteiger partial charge in [0.1, 0.15) is 29.0 Å². The average Bonchev–Trinajstić information content (AvgIpc) is 2.53. The van der Waals surface area contributed by atoms with Gasteiger partial charge in [-0.15, -0.1) is 0 Å². The van der Waals surface area contributed by atoms with Crippen LogP contribution in [0, 0.1) is 17.5 Å². The van der Waals surface area contributed by atoms with E-state index in [2.05, 4.69) is 5.10 Å². The SMILES string of the molecule is CC(C)c1c(-c2c(F)cc(F)cc2F)nn(C)c1N. The fourth-order valence-corrected chi connectivity index (χ4v) is 2.08. The Labute approximate surface area is 108 Å². The number of benzene rings is 1. The Hall–Kier alpha value is -1.98. The summed E-state index contributed by atoms with van der Waals surface area (Å²) in [6, 6.07) is 1.26. The minimum atomic E-state index is -0.988. The van der Waals surface area contributed by atoms with Crippen LogP contribution in [0.25, 0.3) is 11.3 Å². The monoisotopic (exact) mass is 269 g/mol. The van der Waals surface area contributed by atoms with E-state index in [1.807, 2.05) is 13.8 Å². The van der Waals surface area contributed by atoms with Crippen LogP contribution in [0.3, 0.4) is 0 Å². The van der Waals surface area contributed by atoms with Crippen molar-refractivity contribution in [1.29, 1.82) is 0 Å². The summed E-state index contributed by atoms with van der Waals surface area (Å²) in [6.45, 7) is 3.69. The van der Waals surface area contributed by atoms with Crippen LogP contribution >= 0.6 is 0 Å². The van der Waals surface area contributed by atoms with Crippen LogP contribution in [0.1, 0.15) is 25.3 Å². The highest BCUT2D eigenvalue weighted by atomic mass is 19.1. The van der Waals surface area contributed by atoms with Gasteiger partial charge in [0, 0.05) is 24.7 Å². The molecule has 19 heavy (non-hydrogen) atoms. The Morgan fingerprint density at radius 3 is 2.16 bits per heavy atom. The van der Waals surface area contributed by atoms with Crippen LogP contribution in [0.5, 0.6) is 0 Å². The zero-order valence-electron chi connectivity index (χ0n) is 10.8. The lowest BCUT2D eigenvalue weighted by Gasteiger charge is -2.08. The summed E-state index contributed by atoms with van der Waals surface area (Å²) >= 11 is 0. The maximum Gasteiger partial charge on any atom is 0.138 e. The minimum Gasteiger partial charge on any atom is -0.384 e. The molecule has 3 nitrogen and oxygen atoms in total. The molecule has 0 aliphatic carbocycles. The highest BCUT2D eigenvalue weighted by Gasteiger charge is 2.24. The summed E-state index contributed by atoms with van der Waals surface area (Å²) in [5.74, 6) is -2.66. The molecular weight excluding hydrogens is 255 g/mol. The first kappa shape index (κ1) is 13.5. The Bertz CT molecular complexity index is 609. The summed E-state index contributed by atoms with van der Waals surface area (Å²) in [4.78, 5) is 0. The molecule has 2 N–H and O–H groups in total. The van der Waals surface area contributed by atoms with Crippen LogP contribution in [0.2, 0.25) is 0 Å². The smallest absolute Gasteiger partial charge is 0.138 e. The van der Waals surface area contributed by atoms with E-state index < -0.39 is 17.5 Å². The fraction of sp³-hybridized carbons (Fsp3) is 0.308. The van der Waals surface area contributed by atoms with E-state index >= 15 is 0 Å². The predicted molar refractivity (Wildman–Crippen MR) is 67.0 cm³/mol. The topological polar surface area (TPSA) is 43.8 Å². The fourth-order valence-electron chi connectivity index (χ4n) is 2.08. The summed E-state index contributed by atoms with van der Waals surface area (Å²) in [5, 5.41) is 4.04. The summed E-state index contributed by atoms with van der Waals surface area (Å²) < 4.78 is 41.9. The largest absolute Gasteiger partial charge is 0.384 e. The van der Waals surface area contributed by atoms with Gasteiger partial charge in [0.25, 0.3) is 0 Å². The van der Waals surface area contributed by atoms with Crippen molar-refractivity contribution >= 4 is 5.82 Å². The lowest BCUT2D eigenvalue weighted by molar-refractivity contribution is 0.546. The normalized spacial score (nSPS) is 11.3. The number of nitrogen functional groups attached to an aromatic ring is 1. The molecule has 0 saturated heterocycles. The van der Waals surface area contributed by atoms with Gasteiger partial charge in [0.05, 0.1) is 5.56 Å². The van der Waals surface area contributed by atoms with Crippen molar-refractivity contribution in [2.75, 3.05) is 5.73 Å². The highest BCUT2D eigenvalue weighted by Crippen LogP contribution is 2.35. The first-order valence-electron chi connectivity index (χ1n) is 5.80. The number of nitrogens with two attached hydrogens (primary N) is 1. The summed E-state index contributed by atoms with van der Waals surface area (Å²) in [5.41, 5.74) is 6.17. The Kier molecular flexibility index (Phi) is 3.26. The molecule has 0 fully saturated rings. The third-order valence-electron chi connectivity index (χ3n) is 2.95. The van der Waals surface area contributed by atoms with Crippen molar-refractivity contribution in [2.45, 2.75) is 19.8 Å². The van der Waals surface area contributed by atoms with E-state index in [1.165, 1.54) is 4.68 Å². The molecular formula is C13H14F3N3. The predicted octanol–water partition coefficient (Wildman–Crippen LogP) is 3.21. The van der Waals surface area contributed by atoms with E-state index in [1.54, 1.807) is 7.05 Å². The molecule has 0 unspecified atom stereocenters. The highest BCUT2D eigenvalue weighted by molar-refractivity contribution is 5.70. The van der Waals surface area contributed by atoms with Gasteiger partial charge in [-0.2, -0.15) is 5.10 Å². The second-order valence-corrected chi connectivity index (χ2v) is 4.67. The number of hydrogen-bond acceptors (Lipinski definition) is 2. The molecule has 0 atom stereocenters. The molecule has 0 saturated carbocycles. The van der Waals surface area contributed by atoms with Crippen molar-refractivity contribution in [3.8, 4) is 11.3 Å². The summed E-state index contributed by atoms with van der Waals surface area (Å²) in [6.07, 6.45) is 0. The van der Waals surface area contributed by atoms with E-state index in [9.17, 15) is 13.2 Å². The van der Waals surface area contributed by atoms with Crippen molar-refractivity contribution in [3.63, 3.8) is 0 Å². The van der Waals surface area contributed by atoms with E-state index in [0.717, 1.165) is 0 Å². The first-order chi connectivity index (χ1) is 8.82. The van der Waals surface area contributed by atoms with Gasteiger partial charge in [-0.25, -0.2) is 13.2 Å². The number of halogens is 3. The summed E-state index contributed by atoms with van der Waals surface area (Å²) in [7, 11) is 1.59. The van der Waals surface area contributed by atoms with Crippen LogP contribution < -0.4 is 5.73 Å². The lowest BCUT2D eigenvalue weighted by Crippen LogP contribution is -2.00. The molecule has 102 valence electrons. The zero-order valence-corrected chi connectivity index (χ0v) is 10.8. The first-order valence-corrected chi connectivity index (χ1v) is 5.80. The van der Waals surface area contributed by atoms with E-state index in [-0.39, 0.29) is 17.2 Å². The molecule has 0 aliphatic rings. The Morgan fingerprint density at radius 1 is 1.16 bits per heavy atom. The maximum atomic E-state index is 13.8. The van der Waals surface area contributed by atoms with Gasteiger partial charge in [-0.05, 0) is 5.92 Å². The number of rotatable bonds is 2. The minimum absolute atomic E-state index is 0.0625. The number of nitrogens with zero attached hydrogens (tertiary/aromatic N) is 2. The van der Waals surface area contributed by atoms with Gasteiger partial charge < -0.3 is 5.73 Å². The van der Waals surface area contributed by atoms with Gasteiger partial charge in [-0.3, -0.25) is 4.68 Å². The molecule has 2 rings (SSSR count). The molecule has 2 aromatic rings. The van der Waals surface area contributed by atoms with E-state index in [4.69, 9.17) is 5.73 Å². The average molecular weight is 269 g/mol. The zero-order chi connectivity index (χ0) is 14.3. The van der Waals surface area contributed by atoms with Gasteiger partial charge in [-0.1, -0.05) is 13.8 Å². The Morgan fingerprint density at radius 2 is 1.68 bits per heavy atom. The molecule has 6 heteroatoms. The van der Waals surface area contributed by atoms with Gasteiger partial charge in [0.2, 0.25) is 0 Å². The standard InChI is InChI=1S/C13H14F3N3/c1-6(2)10-12(18-19(3)13(10)17)11-8(15)4-7(14)5-9(11)16/h4-6H,17H2,1-3H3. The molecule has 1 aromatic heterocycles. The molecule has 0 aliphatic heterocycles. The lowest BCUT2D eigenvalue weighted by atomic mass is 9.98. The van der Waals surface area contributed by atoms with Gasteiger partial charge >= 0.3 is 0 Å². The van der Waals surface area contributed by atoms with Gasteiger partial charge in [0.15, 0.2) is 0 Å². The Balaban J connectivity index is 2.76. The molecule has 0 radical (unpaired) electrons. The number of anilines is 1. The molecule has 1 heterocycles. The third-order valence-corrected chi connectivity index (χ3v) is 2.95. The molecule has 0 amide bonds. The molecule has 1 aromatic carbocycles. The number of aromatic nitrogens is 2. The van der Waals surface area contributed by atoms with Crippen LogP contribution in [0.15, 0.2) is 12.1 Å². The van der Waals surface area contributed by atoms with E-state index in [0.29, 0.717) is 23.5 Å². The second-order valence-electron chi connectivity index (χ2n) is 4.67. The quantitative estimate of drug-likeness (QED) is 0.909.